The van der Waals surface area contributed by atoms with Crippen LogP contribution >= 0.6 is 0 Å². The lowest BCUT2D eigenvalue weighted by molar-refractivity contribution is 0.0384. The number of aliphatic hydroxyl groups is 1. The minimum absolute atomic E-state index is 0.111. The minimum atomic E-state index is -0.346. The molecule has 1 fully saturated rings. The molecule has 0 spiro atoms. The van der Waals surface area contributed by atoms with E-state index < -0.39 is 0 Å². The quantitative estimate of drug-likeness (QED) is 0.905. The highest BCUT2D eigenvalue weighted by atomic mass is 19.1. The molecule has 4 nitrogen and oxygen atoms in total. The van der Waals surface area contributed by atoms with Crippen LogP contribution in [-0.4, -0.2) is 59.6 Å². The van der Waals surface area contributed by atoms with Gasteiger partial charge in [-0.1, -0.05) is 19.9 Å². The summed E-state index contributed by atoms with van der Waals surface area (Å²) in [5.74, 6) is 0.0826. The summed E-state index contributed by atoms with van der Waals surface area (Å²) in [5, 5.41) is 9.31. The summed E-state index contributed by atoms with van der Waals surface area (Å²) in [7, 11) is 0. The highest BCUT2D eigenvalue weighted by Gasteiger charge is 2.30. The van der Waals surface area contributed by atoms with Crippen molar-refractivity contribution in [3.8, 4) is 0 Å². The maximum Gasteiger partial charge on any atom is 0.254 e. The van der Waals surface area contributed by atoms with Crippen LogP contribution in [-0.2, 0) is 0 Å². The van der Waals surface area contributed by atoms with Crippen molar-refractivity contribution in [2.75, 3.05) is 32.8 Å². The zero-order chi connectivity index (χ0) is 17.0. The van der Waals surface area contributed by atoms with Gasteiger partial charge < -0.3 is 10.0 Å². The number of benzene rings is 1. The Kier molecular flexibility index (Phi) is 6.13. The smallest absolute Gasteiger partial charge is 0.254 e. The van der Waals surface area contributed by atoms with E-state index in [-0.39, 0.29) is 24.4 Å². The molecule has 1 saturated heterocycles. The van der Waals surface area contributed by atoms with E-state index in [1.54, 1.807) is 24.0 Å². The summed E-state index contributed by atoms with van der Waals surface area (Å²) in [5.41, 5.74) is 0.839. The fraction of sp³-hybridized carbons (Fsp3) is 0.611. The monoisotopic (exact) mass is 322 g/mol. The first kappa shape index (κ1) is 17.9. The van der Waals surface area contributed by atoms with Gasteiger partial charge in [0, 0.05) is 44.4 Å². The standard InChI is InChI=1S/C18H27FN2O2/c1-13(2)11-20-8-9-21(12-15(20)7-10-22)18(23)16-5-4-6-17(19)14(16)3/h4-6,13,15,22H,7-12H2,1-3H3. The number of halogens is 1. The van der Waals surface area contributed by atoms with Crippen LogP contribution < -0.4 is 0 Å². The van der Waals surface area contributed by atoms with E-state index in [4.69, 9.17) is 0 Å². The van der Waals surface area contributed by atoms with Gasteiger partial charge in [-0.25, -0.2) is 4.39 Å². The van der Waals surface area contributed by atoms with Crippen molar-refractivity contribution in [2.24, 2.45) is 5.92 Å². The first-order valence-corrected chi connectivity index (χ1v) is 8.33. The zero-order valence-corrected chi connectivity index (χ0v) is 14.3. The summed E-state index contributed by atoms with van der Waals surface area (Å²) in [4.78, 5) is 16.9. The van der Waals surface area contributed by atoms with Crippen molar-refractivity contribution in [1.82, 2.24) is 9.80 Å². The molecule has 128 valence electrons. The second-order valence-corrected chi connectivity index (χ2v) is 6.72. The molecule has 1 amide bonds. The molecule has 0 bridgehead atoms. The molecule has 1 aliphatic heterocycles. The normalized spacial score (nSPS) is 19.4. The zero-order valence-electron chi connectivity index (χ0n) is 14.3. The Bertz CT molecular complexity index is 548. The predicted molar refractivity (Wildman–Crippen MR) is 88.9 cm³/mol. The van der Waals surface area contributed by atoms with Gasteiger partial charge in [0.1, 0.15) is 5.82 Å². The van der Waals surface area contributed by atoms with Crippen molar-refractivity contribution in [1.29, 1.82) is 0 Å². The first-order chi connectivity index (χ1) is 10.9. The molecule has 0 radical (unpaired) electrons. The van der Waals surface area contributed by atoms with Crippen LogP contribution in [0, 0.1) is 18.7 Å². The molecule has 1 unspecified atom stereocenters. The number of carbonyl (C=O) groups is 1. The van der Waals surface area contributed by atoms with E-state index >= 15 is 0 Å². The highest BCUT2D eigenvalue weighted by Crippen LogP contribution is 2.19. The van der Waals surface area contributed by atoms with Crippen molar-refractivity contribution < 1.29 is 14.3 Å². The number of aliphatic hydroxyl groups excluding tert-OH is 1. The Labute approximate surface area is 137 Å². The van der Waals surface area contributed by atoms with Crippen LogP contribution in [0.15, 0.2) is 18.2 Å². The number of piperazine rings is 1. The van der Waals surface area contributed by atoms with Crippen molar-refractivity contribution in [3.05, 3.63) is 35.1 Å². The molecule has 1 heterocycles. The number of hydrogen-bond donors (Lipinski definition) is 1. The van der Waals surface area contributed by atoms with E-state index in [1.807, 2.05) is 0 Å². The molecule has 0 aliphatic carbocycles. The van der Waals surface area contributed by atoms with Gasteiger partial charge in [0.05, 0.1) is 0 Å². The third kappa shape index (κ3) is 4.30. The second-order valence-electron chi connectivity index (χ2n) is 6.72. The summed E-state index contributed by atoms with van der Waals surface area (Å²) in [6.45, 7) is 9.08. The fourth-order valence-electron chi connectivity index (χ4n) is 3.22. The molecule has 5 heteroatoms. The van der Waals surface area contributed by atoms with Crippen LogP contribution in [0.25, 0.3) is 0 Å². The summed E-state index contributed by atoms with van der Waals surface area (Å²) < 4.78 is 13.7. The van der Waals surface area contributed by atoms with Crippen molar-refractivity contribution >= 4 is 5.91 Å². The van der Waals surface area contributed by atoms with E-state index in [2.05, 4.69) is 18.7 Å². The topological polar surface area (TPSA) is 43.8 Å². The van der Waals surface area contributed by atoms with E-state index in [0.717, 1.165) is 13.1 Å². The van der Waals surface area contributed by atoms with Crippen LogP contribution in [0.4, 0.5) is 4.39 Å². The van der Waals surface area contributed by atoms with Crippen molar-refractivity contribution in [2.45, 2.75) is 33.2 Å². The Morgan fingerprint density at radius 1 is 1.39 bits per heavy atom. The van der Waals surface area contributed by atoms with Crippen LogP contribution in [0.3, 0.4) is 0 Å². The molecule has 1 N–H and O–H groups in total. The van der Waals surface area contributed by atoms with Gasteiger partial charge in [-0.05, 0) is 37.0 Å². The molecular weight excluding hydrogens is 295 g/mol. The molecule has 1 aromatic rings. The average Bonchev–Trinajstić information content (AvgIpc) is 2.51. The maximum absolute atomic E-state index is 13.7. The van der Waals surface area contributed by atoms with Crippen LogP contribution in [0.2, 0.25) is 0 Å². The van der Waals surface area contributed by atoms with Gasteiger partial charge in [0.25, 0.3) is 5.91 Å². The van der Waals surface area contributed by atoms with Gasteiger partial charge in [-0.15, -0.1) is 0 Å². The molecular formula is C18H27FN2O2. The van der Waals surface area contributed by atoms with Gasteiger partial charge >= 0.3 is 0 Å². The maximum atomic E-state index is 13.7. The molecule has 2 rings (SSSR count). The molecule has 1 aromatic carbocycles. The Morgan fingerprint density at radius 2 is 2.13 bits per heavy atom. The summed E-state index contributed by atoms with van der Waals surface area (Å²) in [6.07, 6.45) is 0.651. The molecule has 1 atom stereocenters. The third-order valence-corrected chi connectivity index (χ3v) is 4.45. The van der Waals surface area contributed by atoms with Gasteiger partial charge in [-0.2, -0.15) is 0 Å². The summed E-state index contributed by atoms with van der Waals surface area (Å²) >= 11 is 0. The lowest BCUT2D eigenvalue weighted by atomic mass is 10.0. The number of nitrogens with zero attached hydrogens (tertiary/aromatic N) is 2. The van der Waals surface area contributed by atoms with Crippen LogP contribution in [0.1, 0.15) is 36.2 Å². The highest BCUT2D eigenvalue weighted by molar-refractivity contribution is 5.95. The Balaban J connectivity index is 2.12. The first-order valence-electron chi connectivity index (χ1n) is 8.33. The number of carbonyl (C=O) groups excluding carboxylic acids is 1. The average molecular weight is 322 g/mol. The number of rotatable bonds is 5. The second kappa shape index (κ2) is 7.88. The van der Waals surface area contributed by atoms with Gasteiger partial charge in [0.15, 0.2) is 0 Å². The molecule has 23 heavy (non-hydrogen) atoms. The molecule has 1 aliphatic rings. The van der Waals surface area contributed by atoms with E-state index in [0.29, 0.717) is 36.6 Å². The Morgan fingerprint density at radius 3 is 2.78 bits per heavy atom. The van der Waals surface area contributed by atoms with E-state index in [9.17, 15) is 14.3 Å². The summed E-state index contributed by atoms with van der Waals surface area (Å²) in [6, 6.07) is 4.80. The van der Waals surface area contributed by atoms with Crippen LogP contribution in [0.5, 0.6) is 0 Å². The van der Waals surface area contributed by atoms with Crippen molar-refractivity contribution in [3.63, 3.8) is 0 Å². The number of hydrogen-bond acceptors (Lipinski definition) is 3. The lowest BCUT2D eigenvalue weighted by Crippen LogP contribution is -2.55. The van der Waals surface area contributed by atoms with Gasteiger partial charge in [-0.3, -0.25) is 9.69 Å². The largest absolute Gasteiger partial charge is 0.396 e. The molecule has 0 saturated carbocycles. The van der Waals surface area contributed by atoms with Gasteiger partial charge in [0.2, 0.25) is 0 Å². The Hall–Kier alpha value is -1.46. The SMILES string of the molecule is Cc1c(F)cccc1C(=O)N1CCN(CC(C)C)C(CCO)C1. The lowest BCUT2D eigenvalue weighted by Gasteiger charge is -2.42. The molecule has 0 aromatic heterocycles. The van der Waals surface area contributed by atoms with E-state index in [1.165, 1.54) is 6.07 Å². The fourth-order valence-corrected chi connectivity index (χ4v) is 3.22. The number of amides is 1. The minimum Gasteiger partial charge on any atom is -0.396 e. The third-order valence-electron chi connectivity index (χ3n) is 4.45. The predicted octanol–water partition coefficient (Wildman–Crippen LogP) is 2.30.